The van der Waals surface area contributed by atoms with E-state index in [0.717, 1.165) is 31.6 Å². The van der Waals surface area contributed by atoms with Crippen LogP contribution in [0.3, 0.4) is 0 Å². The van der Waals surface area contributed by atoms with Gasteiger partial charge in [-0.15, -0.1) is 0 Å². The number of ether oxygens (including phenoxy) is 1. The third-order valence-electron chi connectivity index (χ3n) is 6.32. The molecule has 1 saturated carbocycles. The smallest absolute Gasteiger partial charge is 0.346 e. The van der Waals surface area contributed by atoms with E-state index < -0.39 is 11.4 Å². The molecule has 0 spiro atoms. The topological polar surface area (TPSA) is 39.4 Å². The lowest BCUT2D eigenvalue weighted by molar-refractivity contribution is 0.174. The van der Waals surface area contributed by atoms with E-state index in [2.05, 4.69) is 13.8 Å². The summed E-state index contributed by atoms with van der Waals surface area (Å²) in [4.78, 5) is 12.3. The quantitative estimate of drug-likeness (QED) is 0.400. The van der Waals surface area contributed by atoms with Crippen molar-refractivity contribution in [2.45, 2.75) is 84.5 Å². The first-order valence-corrected chi connectivity index (χ1v) is 11.5. The van der Waals surface area contributed by atoms with Gasteiger partial charge in [0.25, 0.3) is 0 Å². The molecule has 29 heavy (non-hydrogen) atoms. The molecule has 1 aromatic carbocycles. The molecule has 1 aliphatic carbocycles. The number of aryl methyl sites for hydroxylation is 1. The lowest BCUT2D eigenvalue weighted by atomic mass is 9.80. The zero-order valence-electron chi connectivity index (χ0n) is 18.0. The molecule has 0 N–H and O–H groups in total. The van der Waals surface area contributed by atoms with E-state index in [4.69, 9.17) is 9.15 Å². The molecule has 0 radical (unpaired) electrons. The van der Waals surface area contributed by atoms with Gasteiger partial charge < -0.3 is 9.15 Å². The zero-order valence-corrected chi connectivity index (χ0v) is 18.0. The Kier molecular flexibility index (Phi) is 8.14. The van der Waals surface area contributed by atoms with Crippen molar-refractivity contribution < 1.29 is 13.5 Å². The predicted molar refractivity (Wildman–Crippen MR) is 116 cm³/mol. The van der Waals surface area contributed by atoms with Gasteiger partial charge in [-0.2, -0.15) is 0 Å². The summed E-state index contributed by atoms with van der Waals surface area (Å²) in [7, 11) is 0. The zero-order chi connectivity index (χ0) is 20.6. The van der Waals surface area contributed by atoms with Crippen molar-refractivity contribution in [1.29, 1.82) is 0 Å². The second-order valence-corrected chi connectivity index (χ2v) is 8.64. The molecule has 0 atom stereocenters. The summed E-state index contributed by atoms with van der Waals surface area (Å²) in [6.45, 7) is 4.85. The fraction of sp³-hybridized carbons (Fsp3) is 0.640. The Bertz CT molecular complexity index is 834. The predicted octanol–water partition coefficient (Wildman–Crippen LogP) is 7.04. The third kappa shape index (κ3) is 5.83. The first kappa shape index (κ1) is 21.9. The molecule has 1 aromatic heterocycles. The Morgan fingerprint density at radius 3 is 2.48 bits per heavy atom. The second kappa shape index (κ2) is 10.8. The highest BCUT2D eigenvalue weighted by molar-refractivity contribution is 5.83. The van der Waals surface area contributed by atoms with Gasteiger partial charge >= 0.3 is 5.63 Å². The summed E-state index contributed by atoms with van der Waals surface area (Å²) < 4.78 is 26.1. The highest BCUT2D eigenvalue weighted by atomic mass is 19.1. The van der Waals surface area contributed by atoms with Crippen LogP contribution in [0.1, 0.15) is 83.8 Å². The molecule has 0 saturated heterocycles. The summed E-state index contributed by atoms with van der Waals surface area (Å²) in [5.41, 5.74) is -0.607. The van der Waals surface area contributed by atoms with E-state index in [0.29, 0.717) is 30.1 Å². The van der Waals surface area contributed by atoms with E-state index in [1.54, 1.807) is 18.2 Å². The van der Waals surface area contributed by atoms with Crippen molar-refractivity contribution in [3.63, 3.8) is 0 Å². The highest BCUT2D eigenvalue weighted by Crippen LogP contribution is 2.33. The molecule has 0 aliphatic heterocycles. The lowest BCUT2D eigenvalue weighted by Crippen LogP contribution is -2.20. The van der Waals surface area contributed by atoms with Crippen LogP contribution in [0, 0.1) is 17.7 Å². The van der Waals surface area contributed by atoms with Crippen molar-refractivity contribution in [2.75, 3.05) is 6.61 Å². The van der Waals surface area contributed by atoms with Crippen LogP contribution in [0.2, 0.25) is 0 Å². The molecular weight excluding hydrogens is 367 g/mol. The van der Waals surface area contributed by atoms with Gasteiger partial charge in [-0.1, -0.05) is 64.9 Å². The SMILES string of the molecule is CCCCCC1CCC(COc2ccc3cc(CCCC)oc(=O)c3c2F)CC1. The molecule has 1 heterocycles. The van der Waals surface area contributed by atoms with Crippen LogP contribution in [-0.2, 0) is 6.42 Å². The minimum absolute atomic E-state index is 0.00220. The molecule has 3 nitrogen and oxygen atoms in total. The standard InChI is InChI=1S/C25H35FO3/c1-3-5-7-8-18-10-12-19(13-11-18)17-28-22-15-14-20-16-21(9-6-4-2)29-25(27)23(20)24(22)26/h14-16,18-19H,3-13,17H2,1-2H3. The molecule has 160 valence electrons. The molecule has 4 heteroatoms. The Balaban J connectivity index is 1.59. The Hall–Kier alpha value is -1.84. The number of unbranched alkanes of at least 4 members (excludes halogenated alkanes) is 3. The van der Waals surface area contributed by atoms with Crippen molar-refractivity contribution in [3.8, 4) is 5.75 Å². The van der Waals surface area contributed by atoms with Crippen LogP contribution >= 0.6 is 0 Å². The molecule has 2 aromatic rings. The highest BCUT2D eigenvalue weighted by Gasteiger charge is 2.22. The van der Waals surface area contributed by atoms with E-state index >= 15 is 0 Å². The van der Waals surface area contributed by atoms with Gasteiger partial charge in [0.15, 0.2) is 11.6 Å². The van der Waals surface area contributed by atoms with Crippen LogP contribution in [-0.4, -0.2) is 6.61 Å². The van der Waals surface area contributed by atoms with Gasteiger partial charge in [0.05, 0.1) is 6.61 Å². The number of hydrogen-bond acceptors (Lipinski definition) is 3. The van der Waals surface area contributed by atoms with Crippen LogP contribution in [0.25, 0.3) is 10.8 Å². The third-order valence-corrected chi connectivity index (χ3v) is 6.32. The van der Waals surface area contributed by atoms with Crippen molar-refractivity contribution >= 4 is 10.8 Å². The largest absolute Gasteiger partial charge is 0.490 e. The van der Waals surface area contributed by atoms with Gasteiger partial charge in [-0.05, 0) is 48.6 Å². The van der Waals surface area contributed by atoms with Gasteiger partial charge in [0.2, 0.25) is 0 Å². The van der Waals surface area contributed by atoms with Gasteiger partial charge in [0.1, 0.15) is 11.1 Å². The second-order valence-electron chi connectivity index (χ2n) is 8.64. The molecule has 0 bridgehead atoms. The number of hydrogen-bond donors (Lipinski definition) is 0. The molecule has 1 aliphatic rings. The van der Waals surface area contributed by atoms with Crippen molar-refractivity contribution in [1.82, 2.24) is 0 Å². The Labute approximate surface area is 173 Å². The number of fused-ring (bicyclic) bond motifs is 1. The van der Waals surface area contributed by atoms with Gasteiger partial charge in [0, 0.05) is 6.42 Å². The van der Waals surface area contributed by atoms with Gasteiger partial charge in [-0.3, -0.25) is 0 Å². The van der Waals surface area contributed by atoms with E-state index in [1.165, 1.54) is 38.5 Å². The summed E-state index contributed by atoms with van der Waals surface area (Å²) in [6.07, 6.45) is 12.8. The Morgan fingerprint density at radius 2 is 1.76 bits per heavy atom. The summed E-state index contributed by atoms with van der Waals surface area (Å²) in [5, 5.41) is 0.590. The van der Waals surface area contributed by atoms with Gasteiger partial charge in [-0.25, -0.2) is 9.18 Å². The van der Waals surface area contributed by atoms with Crippen LogP contribution in [0.4, 0.5) is 4.39 Å². The van der Waals surface area contributed by atoms with Crippen molar-refractivity contribution in [2.24, 2.45) is 11.8 Å². The fourth-order valence-corrected chi connectivity index (χ4v) is 4.44. The monoisotopic (exact) mass is 402 g/mol. The maximum atomic E-state index is 14.9. The lowest BCUT2D eigenvalue weighted by Gasteiger charge is -2.28. The fourth-order valence-electron chi connectivity index (χ4n) is 4.44. The molecule has 0 unspecified atom stereocenters. The van der Waals surface area contributed by atoms with E-state index in [-0.39, 0.29) is 11.1 Å². The van der Waals surface area contributed by atoms with E-state index in [9.17, 15) is 9.18 Å². The van der Waals surface area contributed by atoms with E-state index in [1.807, 2.05) is 0 Å². The summed E-state index contributed by atoms with van der Waals surface area (Å²) >= 11 is 0. The number of benzene rings is 1. The number of rotatable bonds is 10. The normalized spacial score (nSPS) is 19.6. The molecular formula is C25H35FO3. The Morgan fingerprint density at radius 1 is 1.03 bits per heavy atom. The van der Waals surface area contributed by atoms with Crippen LogP contribution in [0.15, 0.2) is 27.4 Å². The summed E-state index contributed by atoms with van der Waals surface area (Å²) in [6, 6.07) is 5.20. The summed E-state index contributed by atoms with van der Waals surface area (Å²) in [5.74, 6) is 1.51. The maximum Gasteiger partial charge on any atom is 0.346 e. The average molecular weight is 403 g/mol. The first-order chi connectivity index (χ1) is 14.1. The average Bonchev–Trinajstić information content (AvgIpc) is 2.72. The van der Waals surface area contributed by atoms with Crippen LogP contribution < -0.4 is 10.4 Å². The molecule has 3 rings (SSSR count). The molecule has 1 fully saturated rings. The van der Waals surface area contributed by atoms with Crippen molar-refractivity contribution in [3.05, 3.63) is 40.2 Å². The van der Waals surface area contributed by atoms with Crippen LogP contribution in [0.5, 0.6) is 5.75 Å². The maximum absolute atomic E-state index is 14.9. The molecule has 0 amide bonds. The minimum atomic E-state index is -0.607. The number of halogens is 1. The first-order valence-electron chi connectivity index (χ1n) is 11.5. The minimum Gasteiger partial charge on any atom is -0.490 e.